The number of hydrogen-bond donors (Lipinski definition) is 0. The van der Waals surface area contributed by atoms with Gasteiger partial charge in [-0.3, -0.25) is 9.08 Å². The molecule has 6 nitrogen and oxygen atoms in total. The van der Waals surface area contributed by atoms with Crippen molar-refractivity contribution in [3.05, 3.63) is 28.8 Å². The average molecular weight is 263 g/mol. The number of fused-ring (bicyclic) bond motifs is 1. The molecule has 18 heavy (non-hydrogen) atoms. The standard InChI is InChI=1S/C11H11ClN6/c1-6-7(2)18-10(8-4-5-13-17(8)3)15-16-11(18)9(12)14-6/h4-5H,1-3H3. The lowest BCUT2D eigenvalue weighted by Crippen LogP contribution is -2.03. The fraction of sp³-hybridized carbons (Fsp3) is 0.273. The summed E-state index contributed by atoms with van der Waals surface area (Å²) in [5.41, 5.74) is 3.27. The summed E-state index contributed by atoms with van der Waals surface area (Å²) in [6.07, 6.45) is 1.72. The molecule has 0 aliphatic rings. The predicted octanol–water partition coefficient (Wildman–Crippen LogP) is 1.80. The van der Waals surface area contributed by atoms with Crippen LogP contribution in [-0.4, -0.2) is 29.4 Å². The third kappa shape index (κ3) is 1.42. The summed E-state index contributed by atoms with van der Waals surface area (Å²) in [5.74, 6) is 0.718. The van der Waals surface area contributed by atoms with Crippen LogP contribution in [0.5, 0.6) is 0 Å². The van der Waals surface area contributed by atoms with Crippen LogP contribution in [0.3, 0.4) is 0 Å². The molecule has 0 unspecified atom stereocenters. The molecule has 0 atom stereocenters. The van der Waals surface area contributed by atoms with E-state index >= 15 is 0 Å². The number of hydrogen-bond acceptors (Lipinski definition) is 4. The zero-order valence-corrected chi connectivity index (χ0v) is 11.0. The van der Waals surface area contributed by atoms with Crippen LogP contribution < -0.4 is 0 Å². The molecule has 92 valence electrons. The zero-order chi connectivity index (χ0) is 12.9. The molecule has 3 rings (SSSR count). The predicted molar refractivity (Wildman–Crippen MR) is 67.5 cm³/mol. The molecule has 0 fully saturated rings. The molecule has 0 aromatic carbocycles. The Morgan fingerprint density at radius 1 is 1.22 bits per heavy atom. The Morgan fingerprint density at radius 2 is 2.00 bits per heavy atom. The van der Waals surface area contributed by atoms with Gasteiger partial charge in [0.2, 0.25) is 0 Å². The highest BCUT2D eigenvalue weighted by Crippen LogP contribution is 2.23. The molecular formula is C11H11ClN6. The Morgan fingerprint density at radius 3 is 2.67 bits per heavy atom. The van der Waals surface area contributed by atoms with Crippen molar-refractivity contribution in [1.29, 1.82) is 0 Å². The van der Waals surface area contributed by atoms with Crippen LogP contribution in [0.4, 0.5) is 0 Å². The molecule has 3 heterocycles. The van der Waals surface area contributed by atoms with Crippen molar-refractivity contribution in [2.45, 2.75) is 13.8 Å². The molecule has 3 aromatic rings. The lowest BCUT2D eigenvalue weighted by molar-refractivity contribution is 0.767. The number of aromatic nitrogens is 6. The molecule has 0 spiro atoms. The van der Waals surface area contributed by atoms with Crippen LogP contribution in [0.1, 0.15) is 11.4 Å². The van der Waals surface area contributed by atoms with Crippen molar-refractivity contribution >= 4 is 17.2 Å². The molecule has 0 aliphatic carbocycles. The lowest BCUT2D eigenvalue weighted by Gasteiger charge is -2.07. The minimum atomic E-state index is 0.360. The van der Waals surface area contributed by atoms with Gasteiger partial charge in [-0.05, 0) is 19.9 Å². The molecule has 3 aromatic heterocycles. The number of halogens is 1. The molecular weight excluding hydrogens is 252 g/mol. The molecule has 0 radical (unpaired) electrons. The van der Waals surface area contributed by atoms with Crippen molar-refractivity contribution in [3.8, 4) is 11.5 Å². The number of nitrogens with zero attached hydrogens (tertiary/aromatic N) is 6. The quantitative estimate of drug-likeness (QED) is 0.671. The van der Waals surface area contributed by atoms with Crippen LogP contribution in [0.15, 0.2) is 12.3 Å². The monoisotopic (exact) mass is 262 g/mol. The normalized spacial score (nSPS) is 11.3. The largest absolute Gasteiger partial charge is 0.274 e. The van der Waals surface area contributed by atoms with Gasteiger partial charge in [0, 0.05) is 18.9 Å². The second-order valence-electron chi connectivity index (χ2n) is 4.10. The highest BCUT2D eigenvalue weighted by atomic mass is 35.5. The third-order valence-corrected chi connectivity index (χ3v) is 3.28. The maximum atomic E-state index is 6.09. The van der Waals surface area contributed by atoms with Gasteiger partial charge in [0.1, 0.15) is 5.69 Å². The Balaban J connectivity index is 2.42. The van der Waals surface area contributed by atoms with Gasteiger partial charge < -0.3 is 0 Å². The Bertz CT molecular complexity index is 741. The van der Waals surface area contributed by atoms with E-state index in [0.29, 0.717) is 10.8 Å². The molecule has 0 bridgehead atoms. The highest BCUT2D eigenvalue weighted by molar-refractivity contribution is 6.32. The van der Waals surface area contributed by atoms with E-state index in [1.807, 2.05) is 31.4 Å². The van der Waals surface area contributed by atoms with E-state index in [2.05, 4.69) is 20.3 Å². The van der Waals surface area contributed by atoms with Crippen LogP contribution >= 0.6 is 11.6 Å². The first-order valence-corrected chi connectivity index (χ1v) is 5.83. The molecule has 0 N–H and O–H groups in total. The second-order valence-corrected chi connectivity index (χ2v) is 4.45. The van der Waals surface area contributed by atoms with E-state index in [-0.39, 0.29) is 0 Å². The van der Waals surface area contributed by atoms with Crippen LogP contribution in [0, 0.1) is 13.8 Å². The van der Waals surface area contributed by atoms with Crippen molar-refractivity contribution < 1.29 is 0 Å². The average Bonchev–Trinajstić information content (AvgIpc) is 2.91. The van der Waals surface area contributed by atoms with E-state index in [1.54, 1.807) is 10.9 Å². The summed E-state index contributed by atoms with van der Waals surface area (Å²) in [5, 5.41) is 12.8. The first kappa shape index (κ1) is 11.2. The first-order chi connectivity index (χ1) is 8.59. The summed E-state index contributed by atoms with van der Waals surface area (Å²) < 4.78 is 3.65. The van der Waals surface area contributed by atoms with Crippen LogP contribution in [0.25, 0.3) is 17.2 Å². The van der Waals surface area contributed by atoms with Gasteiger partial charge in [0.15, 0.2) is 16.6 Å². The van der Waals surface area contributed by atoms with E-state index in [0.717, 1.165) is 22.9 Å². The fourth-order valence-corrected chi connectivity index (χ4v) is 2.18. The lowest BCUT2D eigenvalue weighted by atomic mass is 10.3. The van der Waals surface area contributed by atoms with Crippen molar-refractivity contribution in [2.75, 3.05) is 0 Å². The molecule has 7 heteroatoms. The van der Waals surface area contributed by atoms with E-state index in [1.165, 1.54) is 0 Å². The Labute approximate surface area is 108 Å². The molecule has 0 saturated carbocycles. The van der Waals surface area contributed by atoms with Crippen LogP contribution in [-0.2, 0) is 7.05 Å². The second kappa shape index (κ2) is 3.78. The smallest absolute Gasteiger partial charge is 0.199 e. The van der Waals surface area contributed by atoms with Gasteiger partial charge in [-0.2, -0.15) is 5.10 Å². The molecule has 0 aliphatic heterocycles. The van der Waals surface area contributed by atoms with Crippen molar-refractivity contribution in [1.82, 2.24) is 29.4 Å². The van der Waals surface area contributed by atoms with Crippen molar-refractivity contribution in [2.24, 2.45) is 7.05 Å². The Hall–Kier alpha value is -1.95. The third-order valence-electron chi connectivity index (χ3n) is 3.02. The van der Waals surface area contributed by atoms with E-state index in [4.69, 9.17) is 11.6 Å². The first-order valence-electron chi connectivity index (χ1n) is 5.46. The summed E-state index contributed by atoms with van der Waals surface area (Å²) in [6, 6.07) is 1.89. The number of aryl methyl sites for hydroxylation is 3. The van der Waals surface area contributed by atoms with Gasteiger partial charge in [-0.15, -0.1) is 10.2 Å². The van der Waals surface area contributed by atoms with Crippen LogP contribution in [0.2, 0.25) is 5.15 Å². The Kier molecular flexibility index (Phi) is 2.34. The SMILES string of the molecule is Cc1nc(Cl)c2nnc(-c3ccnn3C)n2c1C. The van der Waals surface area contributed by atoms with E-state index in [9.17, 15) is 0 Å². The van der Waals surface area contributed by atoms with Crippen molar-refractivity contribution in [3.63, 3.8) is 0 Å². The fourth-order valence-electron chi connectivity index (χ4n) is 1.93. The maximum Gasteiger partial charge on any atom is 0.199 e. The van der Waals surface area contributed by atoms with E-state index < -0.39 is 0 Å². The summed E-state index contributed by atoms with van der Waals surface area (Å²) >= 11 is 6.09. The highest BCUT2D eigenvalue weighted by Gasteiger charge is 2.17. The van der Waals surface area contributed by atoms with Gasteiger partial charge in [-0.1, -0.05) is 11.6 Å². The van der Waals surface area contributed by atoms with Gasteiger partial charge in [0.25, 0.3) is 0 Å². The summed E-state index contributed by atoms with van der Waals surface area (Å²) in [6.45, 7) is 3.88. The minimum Gasteiger partial charge on any atom is -0.274 e. The number of rotatable bonds is 1. The summed E-state index contributed by atoms with van der Waals surface area (Å²) in [7, 11) is 1.86. The zero-order valence-electron chi connectivity index (χ0n) is 10.2. The maximum absolute atomic E-state index is 6.09. The van der Waals surface area contributed by atoms with Gasteiger partial charge in [-0.25, -0.2) is 4.98 Å². The van der Waals surface area contributed by atoms with Gasteiger partial charge in [0.05, 0.1) is 5.69 Å². The molecule has 0 amide bonds. The molecule has 0 saturated heterocycles. The minimum absolute atomic E-state index is 0.360. The summed E-state index contributed by atoms with van der Waals surface area (Å²) in [4.78, 5) is 4.24. The van der Waals surface area contributed by atoms with Gasteiger partial charge >= 0.3 is 0 Å². The topological polar surface area (TPSA) is 60.9 Å².